The molecule has 1 aliphatic heterocycles. The van der Waals surface area contributed by atoms with E-state index < -0.39 is 30.4 Å². The van der Waals surface area contributed by atoms with Crippen LogP contribution in [0.15, 0.2) is 36.4 Å². The molecule has 1 saturated heterocycles. The molecule has 2 N–H and O–H groups in total. The number of rotatable bonds is 4. The van der Waals surface area contributed by atoms with E-state index in [1.165, 1.54) is 31.2 Å². The van der Waals surface area contributed by atoms with E-state index in [2.05, 4.69) is 10.6 Å². The number of nitrogens with zero attached hydrogens (tertiary/aromatic N) is 2. The third-order valence-corrected chi connectivity index (χ3v) is 4.08. The minimum Gasteiger partial charge on any atom is -0.326 e. The van der Waals surface area contributed by atoms with Gasteiger partial charge in [-0.05, 0) is 38.1 Å². The average Bonchev–Trinajstić information content (AvgIpc) is 3.08. The lowest BCUT2D eigenvalue weighted by molar-refractivity contribution is -0.117. The van der Waals surface area contributed by atoms with Crippen LogP contribution in [0.3, 0.4) is 0 Å². The molecule has 9 heteroatoms. The smallest absolute Gasteiger partial charge is 0.326 e. The maximum absolute atomic E-state index is 13.2. The molecule has 4 amide bonds. The molecule has 1 aromatic carbocycles. The van der Waals surface area contributed by atoms with Crippen LogP contribution in [-0.4, -0.2) is 28.5 Å². The minimum atomic E-state index is -2.87. The Morgan fingerprint density at radius 2 is 1.88 bits per heavy atom. The molecule has 7 nitrogen and oxygen atoms in total. The van der Waals surface area contributed by atoms with Gasteiger partial charge in [0, 0.05) is 5.69 Å². The number of para-hydroxylation sites is 2. The second kappa shape index (κ2) is 6.58. The molecule has 1 aromatic heterocycles. The van der Waals surface area contributed by atoms with Crippen molar-refractivity contribution in [2.45, 2.75) is 26.4 Å². The van der Waals surface area contributed by atoms with E-state index in [9.17, 15) is 23.2 Å². The molecule has 26 heavy (non-hydrogen) atoms. The summed E-state index contributed by atoms with van der Waals surface area (Å²) in [6.07, 6.45) is 0. The first-order valence-electron chi connectivity index (χ1n) is 7.82. The number of urea groups is 1. The lowest BCUT2D eigenvalue weighted by Crippen LogP contribution is -2.32. The van der Waals surface area contributed by atoms with Crippen LogP contribution >= 0.6 is 0 Å². The quantitative estimate of drug-likeness (QED) is 0.821. The Kier molecular flexibility index (Phi) is 4.45. The first-order chi connectivity index (χ1) is 12.3. The van der Waals surface area contributed by atoms with Gasteiger partial charge in [0.15, 0.2) is 0 Å². The van der Waals surface area contributed by atoms with E-state index in [1.807, 2.05) is 0 Å². The third kappa shape index (κ3) is 2.92. The molecule has 0 aliphatic carbocycles. The number of hydrogen-bond donors (Lipinski definition) is 2. The van der Waals surface area contributed by atoms with Crippen molar-refractivity contribution in [2.24, 2.45) is 0 Å². The van der Waals surface area contributed by atoms with Crippen molar-refractivity contribution in [1.82, 2.24) is 9.88 Å². The molecule has 0 saturated carbocycles. The van der Waals surface area contributed by atoms with Gasteiger partial charge in [0.05, 0.1) is 11.4 Å². The predicted octanol–water partition coefficient (Wildman–Crippen LogP) is 2.89. The molecule has 2 heterocycles. The molecule has 1 atom stereocenters. The Morgan fingerprint density at radius 3 is 2.50 bits per heavy atom. The van der Waals surface area contributed by atoms with Crippen molar-refractivity contribution in [3.63, 3.8) is 0 Å². The van der Waals surface area contributed by atoms with Crippen LogP contribution in [0.1, 0.15) is 29.7 Å². The number of nitrogens with one attached hydrogen (secondary N) is 2. The van der Waals surface area contributed by atoms with Gasteiger partial charge in [-0.1, -0.05) is 12.1 Å². The van der Waals surface area contributed by atoms with Crippen LogP contribution < -0.4 is 15.5 Å². The van der Waals surface area contributed by atoms with Crippen LogP contribution in [0.5, 0.6) is 0 Å². The van der Waals surface area contributed by atoms with Gasteiger partial charge in [-0.3, -0.25) is 14.2 Å². The zero-order valence-electron chi connectivity index (χ0n) is 14.0. The lowest BCUT2D eigenvalue weighted by atomic mass is 10.2. The lowest BCUT2D eigenvalue weighted by Gasteiger charge is -2.18. The van der Waals surface area contributed by atoms with E-state index in [1.54, 1.807) is 19.1 Å². The Morgan fingerprint density at radius 1 is 1.19 bits per heavy atom. The van der Waals surface area contributed by atoms with Gasteiger partial charge in [0.2, 0.25) is 0 Å². The van der Waals surface area contributed by atoms with Crippen molar-refractivity contribution in [3.8, 4) is 0 Å². The van der Waals surface area contributed by atoms with E-state index in [-0.39, 0.29) is 22.8 Å². The van der Waals surface area contributed by atoms with Gasteiger partial charge < -0.3 is 10.6 Å². The molecule has 0 bridgehead atoms. The van der Waals surface area contributed by atoms with E-state index >= 15 is 0 Å². The highest BCUT2D eigenvalue weighted by atomic mass is 19.3. The fourth-order valence-electron chi connectivity index (χ4n) is 2.79. The second-order valence-electron chi connectivity index (χ2n) is 5.82. The molecule has 0 radical (unpaired) electrons. The maximum atomic E-state index is 13.2. The summed E-state index contributed by atoms with van der Waals surface area (Å²) in [5.74, 6) is -1.24. The molecule has 136 valence electrons. The predicted molar refractivity (Wildman–Crippen MR) is 90.3 cm³/mol. The summed E-state index contributed by atoms with van der Waals surface area (Å²) in [6.45, 7) is 0.137. The van der Waals surface area contributed by atoms with Gasteiger partial charge in [0.25, 0.3) is 11.8 Å². The average molecular weight is 362 g/mol. The van der Waals surface area contributed by atoms with E-state index in [0.29, 0.717) is 4.57 Å². The summed E-state index contributed by atoms with van der Waals surface area (Å²) in [5, 5.41) is 4.98. The van der Waals surface area contributed by atoms with Crippen molar-refractivity contribution < 1.29 is 23.2 Å². The van der Waals surface area contributed by atoms with Crippen molar-refractivity contribution in [1.29, 1.82) is 0 Å². The largest absolute Gasteiger partial charge is 0.329 e. The Balaban J connectivity index is 1.94. The zero-order chi connectivity index (χ0) is 19.0. The second-order valence-corrected chi connectivity index (χ2v) is 5.82. The topological polar surface area (TPSA) is 83.4 Å². The first-order valence-corrected chi connectivity index (χ1v) is 7.82. The zero-order valence-corrected chi connectivity index (χ0v) is 14.0. The van der Waals surface area contributed by atoms with E-state index in [0.717, 1.165) is 4.90 Å². The fourth-order valence-corrected chi connectivity index (χ4v) is 2.79. The Hall–Kier alpha value is -3.23. The number of aromatic nitrogens is 1. The number of benzene rings is 1. The highest BCUT2D eigenvalue weighted by Gasteiger charge is 2.37. The van der Waals surface area contributed by atoms with Gasteiger partial charge in [0.1, 0.15) is 11.7 Å². The highest BCUT2D eigenvalue weighted by molar-refractivity contribution is 6.23. The van der Waals surface area contributed by atoms with Crippen LogP contribution in [-0.2, 0) is 4.79 Å². The normalized spacial score (nSPS) is 17.0. The van der Waals surface area contributed by atoms with Crippen molar-refractivity contribution in [2.75, 3.05) is 10.2 Å². The summed E-state index contributed by atoms with van der Waals surface area (Å²) < 4.78 is 26.9. The van der Waals surface area contributed by atoms with Crippen LogP contribution in [0.4, 0.5) is 25.0 Å². The summed E-state index contributed by atoms with van der Waals surface area (Å²) in [4.78, 5) is 37.6. The summed E-state index contributed by atoms with van der Waals surface area (Å²) >= 11 is 0. The maximum Gasteiger partial charge on any atom is 0.329 e. The van der Waals surface area contributed by atoms with E-state index in [4.69, 9.17) is 0 Å². The van der Waals surface area contributed by atoms with Gasteiger partial charge in [-0.15, -0.1) is 0 Å². The van der Waals surface area contributed by atoms with Gasteiger partial charge in [-0.2, -0.15) is 8.78 Å². The van der Waals surface area contributed by atoms with Crippen LogP contribution in [0, 0.1) is 6.92 Å². The summed E-state index contributed by atoms with van der Waals surface area (Å²) in [7, 11) is 0. The van der Waals surface area contributed by atoms with Crippen molar-refractivity contribution >= 4 is 29.2 Å². The molecule has 3 rings (SSSR count). The Bertz CT molecular complexity index is 894. The Labute approximate surface area is 147 Å². The highest BCUT2D eigenvalue weighted by Crippen LogP contribution is 2.29. The van der Waals surface area contributed by atoms with Crippen molar-refractivity contribution in [3.05, 3.63) is 47.8 Å². The first kappa shape index (κ1) is 17.6. The molecule has 1 aliphatic rings. The number of carbonyl (C=O) groups is 3. The number of imide groups is 1. The minimum absolute atomic E-state index is 0.162. The van der Waals surface area contributed by atoms with Crippen LogP contribution in [0.25, 0.3) is 0 Å². The number of aryl methyl sites for hydroxylation is 1. The molecule has 0 spiro atoms. The molecular formula is C17H16F2N4O3. The summed E-state index contributed by atoms with van der Waals surface area (Å²) in [5.41, 5.74) is 0.341. The number of carbonyl (C=O) groups excluding carboxylic acids is 3. The molecule has 1 fully saturated rings. The van der Waals surface area contributed by atoms with Gasteiger partial charge in [-0.25, -0.2) is 9.69 Å². The number of hydrogen-bond acceptors (Lipinski definition) is 3. The summed E-state index contributed by atoms with van der Waals surface area (Å²) in [6, 6.07) is 7.56. The number of amides is 4. The number of alkyl halides is 2. The molecule has 1 unspecified atom stereocenters. The standard InChI is InChI=1S/C17H16F2N4O3/c1-9-7-8-13(22(9)16(18)19)14(24)21-11-5-3-4-6-12(11)23-15(25)10(2)20-17(23)26/h3-8,10,16H,1-2H3,(H,20,26)(H,21,24). The third-order valence-electron chi connectivity index (χ3n) is 4.08. The fraction of sp³-hybridized carbons (Fsp3) is 0.235. The SMILES string of the molecule is Cc1ccc(C(=O)Nc2ccccc2N2C(=O)NC(C)C2=O)n1C(F)F. The number of anilines is 2. The van der Waals surface area contributed by atoms with Crippen LogP contribution in [0.2, 0.25) is 0 Å². The monoisotopic (exact) mass is 362 g/mol. The molecular weight excluding hydrogens is 346 g/mol. The number of halogens is 2. The molecule has 2 aromatic rings. The van der Waals surface area contributed by atoms with Gasteiger partial charge >= 0.3 is 12.6 Å².